The summed E-state index contributed by atoms with van der Waals surface area (Å²) in [5.74, 6) is -1.10. The van der Waals surface area contributed by atoms with Gasteiger partial charge in [-0.05, 0) is 48.7 Å². The molecule has 0 saturated heterocycles. The first-order valence-electron chi connectivity index (χ1n) is 12.2. The van der Waals surface area contributed by atoms with E-state index < -0.39 is 11.9 Å². The van der Waals surface area contributed by atoms with E-state index in [1.807, 2.05) is 44.2 Å². The molecule has 0 radical (unpaired) electrons. The molecule has 8 heteroatoms. The molecule has 2 atom stereocenters. The lowest BCUT2D eigenvalue weighted by Crippen LogP contribution is -2.52. The highest BCUT2D eigenvalue weighted by Crippen LogP contribution is 2.25. The maximum Gasteiger partial charge on any atom is 0.243 e. The third kappa shape index (κ3) is 8.58. The minimum Gasteiger partial charge on any atom is -0.352 e. The Morgan fingerprint density at radius 1 is 0.973 bits per heavy atom. The predicted molar refractivity (Wildman–Crippen MR) is 146 cm³/mol. The Labute approximate surface area is 226 Å². The van der Waals surface area contributed by atoms with Gasteiger partial charge < -0.3 is 10.2 Å². The van der Waals surface area contributed by atoms with Crippen LogP contribution in [0.3, 0.4) is 0 Å². The van der Waals surface area contributed by atoms with E-state index in [0.717, 1.165) is 12.0 Å². The van der Waals surface area contributed by atoms with Gasteiger partial charge in [-0.15, -0.1) is 11.8 Å². The van der Waals surface area contributed by atoms with Crippen LogP contribution >= 0.6 is 23.4 Å². The highest BCUT2D eigenvalue weighted by atomic mass is 35.5. The van der Waals surface area contributed by atoms with Gasteiger partial charge in [0.05, 0.1) is 5.75 Å². The average Bonchev–Trinajstić information content (AvgIpc) is 2.89. The summed E-state index contributed by atoms with van der Waals surface area (Å²) in [5.41, 5.74) is 1.95. The Hall–Kier alpha value is -2.90. The van der Waals surface area contributed by atoms with Crippen molar-refractivity contribution in [1.82, 2.24) is 10.2 Å². The van der Waals surface area contributed by atoms with Gasteiger partial charge in [0.1, 0.15) is 17.7 Å². The summed E-state index contributed by atoms with van der Waals surface area (Å²) in [5, 5.41) is 3.31. The lowest BCUT2D eigenvalue weighted by molar-refractivity contribution is -0.139. The zero-order valence-electron chi connectivity index (χ0n) is 20.9. The summed E-state index contributed by atoms with van der Waals surface area (Å²) >= 11 is 7.37. The number of carbonyl (C=O) groups excluding carboxylic acids is 2. The van der Waals surface area contributed by atoms with Crippen molar-refractivity contribution in [2.75, 3.05) is 5.75 Å². The number of rotatable bonds is 12. The molecule has 3 aromatic carbocycles. The monoisotopic (exact) mass is 544 g/mol. The summed E-state index contributed by atoms with van der Waals surface area (Å²) in [6.45, 7) is 4.02. The van der Waals surface area contributed by atoms with Gasteiger partial charge in [-0.3, -0.25) is 9.59 Å². The van der Waals surface area contributed by atoms with Gasteiger partial charge in [0.2, 0.25) is 11.8 Å². The molecular weight excluding hydrogens is 514 g/mol. The number of nitrogens with one attached hydrogen (secondary N) is 1. The molecule has 0 aliphatic carbocycles. The van der Waals surface area contributed by atoms with Crippen molar-refractivity contribution in [3.05, 3.63) is 106 Å². The summed E-state index contributed by atoms with van der Waals surface area (Å²) in [6.07, 6.45) is 1.06. The van der Waals surface area contributed by atoms with Crippen LogP contribution in [0.4, 0.5) is 8.78 Å². The second kappa shape index (κ2) is 14.1. The van der Waals surface area contributed by atoms with E-state index in [4.69, 9.17) is 11.6 Å². The predicted octanol–water partition coefficient (Wildman–Crippen LogP) is 6.41. The van der Waals surface area contributed by atoms with E-state index in [1.165, 1.54) is 40.9 Å². The van der Waals surface area contributed by atoms with Gasteiger partial charge in [-0.25, -0.2) is 8.78 Å². The molecule has 0 unspecified atom stereocenters. The average molecular weight is 545 g/mol. The smallest absolute Gasteiger partial charge is 0.243 e. The third-order valence-electron chi connectivity index (χ3n) is 6.07. The summed E-state index contributed by atoms with van der Waals surface area (Å²) < 4.78 is 27.8. The van der Waals surface area contributed by atoms with Crippen molar-refractivity contribution in [1.29, 1.82) is 0 Å². The topological polar surface area (TPSA) is 49.4 Å². The molecule has 0 aliphatic rings. The third-order valence-corrected chi connectivity index (χ3v) is 7.37. The first kappa shape index (κ1) is 28.7. The van der Waals surface area contributed by atoms with E-state index in [-0.39, 0.29) is 41.7 Å². The molecule has 0 spiro atoms. The molecule has 2 amide bonds. The molecular formula is C29H31ClF2N2O2S. The first-order chi connectivity index (χ1) is 17.8. The lowest BCUT2D eigenvalue weighted by Gasteiger charge is -2.32. The zero-order valence-corrected chi connectivity index (χ0v) is 22.5. The molecule has 37 heavy (non-hydrogen) atoms. The molecule has 0 fully saturated rings. The summed E-state index contributed by atoms with van der Waals surface area (Å²) in [4.78, 5) is 28.6. The number of thioether (sulfide) groups is 1. The molecule has 4 nitrogen and oxygen atoms in total. The van der Waals surface area contributed by atoms with E-state index in [2.05, 4.69) is 5.32 Å². The van der Waals surface area contributed by atoms with Crippen molar-refractivity contribution >= 4 is 35.2 Å². The van der Waals surface area contributed by atoms with E-state index in [1.54, 1.807) is 18.2 Å². The molecule has 196 valence electrons. The van der Waals surface area contributed by atoms with Crippen LogP contribution in [0.5, 0.6) is 0 Å². The number of nitrogens with zero attached hydrogens (tertiary/aromatic N) is 1. The Balaban J connectivity index is 1.87. The quantitative estimate of drug-likeness (QED) is 0.287. The maximum atomic E-state index is 14.2. The lowest BCUT2D eigenvalue weighted by atomic mass is 10.0. The second-order valence-corrected chi connectivity index (χ2v) is 10.3. The normalized spacial score (nSPS) is 12.6. The fraction of sp³-hybridized carbons (Fsp3) is 0.310. The van der Waals surface area contributed by atoms with Crippen LogP contribution in [0.2, 0.25) is 5.02 Å². The molecule has 3 rings (SSSR count). The van der Waals surface area contributed by atoms with Crippen LogP contribution in [-0.2, 0) is 28.3 Å². The van der Waals surface area contributed by atoms with Crippen LogP contribution in [0, 0.1) is 11.6 Å². The molecule has 0 saturated carbocycles. The first-order valence-corrected chi connectivity index (χ1v) is 13.7. The number of amides is 2. The molecule has 3 aromatic rings. The van der Waals surface area contributed by atoms with Crippen LogP contribution in [0.15, 0.2) is 72.8 Å². The summed E-state index contributed by atoms with van der Waals surface area (Å²) in [7, 11) is 0. The molecule has 0 aliphatic heterocycles. The Morgan fingerprint density at radius 3 is 2.32 bits per heavy atom. The van der Waals surface area contributed by atoms with Crippen molar-refractivity contribution in [3.63, 3.8) is 0 Å². The number of benzene rings is 3. The minimum absolute atomic E-state index is 0.0216. The van der Waals surface area contributed by atoms with Crippen molar-refractivity contribution in [3.8, 4) is 0 Å². The fourth-order valence-electron chi connectivity index (χ4n) is 3.78. The molecule has 1 N–H and O–H groups in total. The van der Waals surface area contributed by atoms with Gasteiger partial charge in [0.25, 0.3) is 0 Å². The fourth-order valence-corrected chi connectivity index (χ4v) is 5.02. The van der Waals surface area contributed by atoms with Crippen molar-refractivity contribution in [2.24, 2.45) is 0 Å². The molecule has 0 aromatic heterocycles. The second-order valence-electron chi connectivity index (χ2n) is 8.86. The largest absolute Gasteiger partial charge is 0.352 e. The number of hydrogen-bond acceptors (Lipinski definition) is 3. The van der Waals surface area contributed by atoms with Gasteiger partial charge in [0.15, 0.2) is 0 Å². The van der Waals surface area contributed by atoms with E-state index >= 15 is 0 Å². The maximum absolute atomic E-state index is 14.2. The Kier molecular flexibility index (Phi) is 11.0. The SMILES string of the molecule is CC[C@H](C)NC(=O)[C@@H](Cc1ccccc1)N(Cc1ccc(F)cc1)C(=O)CSCc1c(F)cccc1Cl. The summed E-state index contributed by atoms with van der Waals surface area (Å²) in [6, 6.07) is 19.0. The van der Waals surface area contributed by atoms with Gasteiger partial charge in [-0.1, -0.05) is 67.1 Å². The standard InChI is InChI=1S/C29H31ClF2N2O2S/c1-3-20(2)33-29(36)27(16-21-8-5-4-6-9-21)34(17-22-12-14-23(31)15-13-22)28(35)19-37-18-24-25(30)10-7-11-26(24)32/h4-15,20,27H,3,16-19H2,1-2H3,(H,33,36)/t20-,27+/m0/s1. The molecule has 0 bridgehead atoms. The highest BCUT2D eigenvalue weighted by molar-refractivity contribution is 7.99. The van der Waals surface area contributed by atoms with Crippen molar-refractivity contribution < 1.29 is 18.4 Å². The molecule has 0 heterocycles. The van der Waals surface area contributed by atoms with Gasteiger partial charge >= 0.3 is 0 Å². The van der Waals surface area contributed by atoms with Crippen LogP contribution in [0.1, 0.15) is 37.0 Å². The number of carbonyl (C=O) groups is 2. The number of halogens is 3. The van der Waals surface area contributed by atoms with Gasteiger partial charge in [-0.2, -0.15) is 0 Å². The van der Waals surface area contributed by atoms with E-state index in [9.17, 15) is 18.4 Å². The van der Waals surface area contributed by atoms with Crippen LogP contribution < -0.4 is 5.32 Å². The van der Waals surface area contributed by atoms with Crippen molar-refractivity contribution in [2.45, 2.75) is 51.1 Å². The number of hydrogen-bond donors (Lipinski definition) is 1. The Bertz CT molecular complexity index is 1160. The van der Waals surface area contributed by atoms with E-state index in [0.29, 0.717) is 22.6 Å². The van der Waals surface area contributed by atoms with Crippen LogP contribution in [0.25, 0.3) is 0 Å². The highest BCUT2D eigenvalue weighted by Gasteiger charge is 2.31. The Morgan fingerprint density at radius 2 is 1.68 bits per heavy atom. The van der Waals surface area contributed by atoms with Crippen LogP contribution in [-0.4, -0.2) is 34.6 Å². The zero-order chi connectivity index (χ0) is 26.8. The van der Waals surface area contributed by atoms with Gasteiger partial charge in [0, 0.05) is 35.3 Å². The minimum atomic E-state index is -0.786.